The van der Waals surface area contributed by atoms with Gasteiger partial charge in [0, 0.05) is 12.6 Å². The summed E-state index contributed by atoms with van der Waals surface area (Å²) in [5.74, 6) is 0.0353. The SMILES string of the molecule is CN(Cc1nc2ccccc2s1)C(=O)c1sccc1-c1ccccc1. The van der Waals surface area contributed by atoms with Crippen molar-refractivity contribution in [1.29, 1.82) is 0 Å². The van der Waals surface area contributed by atoms with Gasteiger partial charge in [-0.2, -0.15) is 0 Å². The number of para-hydroxylation sites is 1. The number of aromatic nitrogens is 1. The maximum atomic E-state index is 12.9. The molecule has 0 radical (unpaired) electrons. The van der Waals surface area contributed by atoms with E-state index in [1.165, 1.54) is 11.3 Å². The van der Waals surface area contributed by atoms with E-state index in [2.05, 4.69) is 11.1 Å². The second kappa shape index (κ2) is 6.78. The molecule has 2 aromatic heterocycles. The van der Waals surface area contributed by atoms with Gasteiger partial charge in [0.25, 0.3) is 5.91 Å². The van der Waals surface area contributed by atoms with Gasteiger partial charge in [0.15, 0.2) is 0 Å². The number of amides is 1. The lowest BCUT2D eigenvalue weighted by atomic mass is 10.1. The van der Waals surface area contributed by atoms with E-state index in [1.54, 1.807) is 16.2 Å². The minimum Gasteiger partial charge on any atom is -0.334 e. The van der Waals surface area contributed by atoms with Crippen molar-refractivity contribution in [3.8, 4) is 11.1 Å². The number of fused-ring (bicyclic) bond motifs is 1. The molecule has 0 aliphatic rings. The van der Waals surface area contributed by atoms with Gasteiger partial charge in [0.05, 0.1) is 21.6 Å². The number of hydrogen-bond acceptors (Lipinski definition) is 4. The molecule has 0 saturated carbocycles. The van der Waals surface area contributed by atoms with Crippen LogP contribution in [-0.4, -0.2) is 22.8 Å². The molecule has 0 atom stereocenters. The summed E-state index contributed by atoms with van der Waals surface area (Å²) in [5, 5.41) is 2.93. The van der Waals surface area contributed by atoms with E-state index in [0.717, 1.165) is 31.2 Å². The van der Waals surface area contributed by atoms with E-state index in [9.17, 15) is 4.79 Å². The molecule has 0 aliphatic carbocycles. The summed E-state index contributed by atoms with van der Waals surface area (Å²) in [5.41, 5.74) is 3.05. The Hall–Kier alpha value is -2.50. The van der Waals surface area contributed by atoms with Crippen LogP contribution < -0.4 is 0 Å². The molecule has 0 saturated heterocycles. The van der Waals surface area contributed by atoms with Crippen LogP contribution in [0.2, 0.25) is 0 Å². The van der Waals surface area contributed by atoms with Gasteiger partial charge in [-0.15, -0.1) is 22.7 Å². The van der Waals surface area contributed by atoms with E-state index in [0.29, 0.717) is 6.54 Å². The highest BCUT2D eigenvalue weighted by Gasteiger charge is 2.19. The molecule has 0 N–H and O–H groups in total. The smallest absolute Gasteiger partial charge is 0.264 e. The second-order valence-corrected chi connectivity index (χ2v) is 7.80. The Bertz CT molecular complexity index is 987. The summed E-state index contributed by atoms with van der Waals surface area (Å²) in [6.07, 6.45) is 0. The number of benzene rings is 2. The van der Waals surface area contributed by atoms with Crippen molar-refractivity contribution in [3.05, 3.63) is 75.9 Å². The summed E-state index contributed by atoms with van der Waals surface area (Å²) in [7, 11) is 1.84. The molecule has 0 unspecified atom stereocenters. The van der Waals surface area contributed by atoms with E-state index in [1.807, 2.05) is 67.0 Å². The van der Waals surface area contributed by atoms with Crippen molar-refractivity contribution in [3.63, 3.8) is 0 Å². The van der Waals surface area contributed by atoms with Crippen LogP contribution in [0.25, 0.3) is 21.3 Å². The third-order valence-corrected chi connectivity index (χ3v) is 5.93. The number of carbonyl (C=O) groups excluding carboxylic acids is 1. The number of rotatable bonds is 4. The van der Waals surface area contributed by atoms with Crippen LogP contribution in [0.5, 0.6) is 0 Å². The average molecular weight is 364 g/mol. The summed E-state index contributed by atoms with van der Waals surface area (Å²) in [6.45, 7) is 0.518. The molecule has 2 aromatic carbocycles. The number of nitrogens with zero attached hydrogens (tertiary/aromatic N) is 2. The lowest BCUT2D eigenvalue weighted by Gasteiger charge is -2.15. The van der Waals surface area contributed by atoms with Crippen LogP contribution in [0.15, 0.2) is 66.0 Å². The van der Waals surface area contributed by atoms with Crippen LogP contribution in [0.1, 0.15) is 14.7 Å². The fraction of sp³-hybridized carbons (Fsp3) is 0.100. The van der Waals surface area contributed by atoms with Crippen LogP contribution in [0.3, 0.4) is 0 Å². The lowest BCUT2D eigenvalue weighted by Crippen LogP contribution is -2.25. The van der Waals surface area contributed by atoms with Gasteiger partial charge in [-0.25, -0.2) is 4.98 Å². The van der Waals surface area contributed by atoms with Crippen LogP contribution in [0, 0.1) is 0 Å². The average Bonchev–Trinajstić information content (AvgIpc) is 3.28. The molecule has 1 amide bonds. The number of hydrogen-bond donors (Lipinski definition) is 0. The van der Waals surface area contributed by atoms with Crippen LogP contribution >= 0.6 is 22.7 Å². The van der Waals surface area contributed by atoms with Crippen molar-refractivity contribution in [2.45, 2.75) is 6.54 Å². The molecule has 0 fully saturated rings. The summed E-state index contributed by atoms with van der Waals surface area (Å²) >= 11 is 3.13. The van der Waals surface area contributed by atoms with E-state index >= 15 is 0 Å². The Kier molecular flexibility index (Phi) is 4.34. The van der Waals surface area contributed by atoms with Crippen molar-refractivity contribution in [2.75, 3.05) is 7.05 Å². The number of carbonyl (C=O) groups is 1. The molecule has 0 bridgehead atoms. The van der Waals surface area contributed by atoms with Gasteiger partial charge in [-0.05, 0) is 29.1 Å². The molecule has 124 valence electrons. The molecule has 25 heavy (non-hydrogen) atoms. The molecule has 0 spiro atoms. The summed E-state index contributed by atoms with van der Waals surface area (Å²) in [6, 6.07) is 20.1. The lowest BCUT2D eigenvalue weighted by molar-refractivity contribution is 0.0790. The Morgan fingerprint density at radius 1 is 1.04 bits per heavy atom. The highest BCUT2D eigenvalue weighted by atomic mass is 32.1. The highest BCUT2D eigenvalue weighted by Crippen LogP contribution is 2.30. The van der Waals surface area contributed by atoms with Crippen LogP contribution in [-0.2, 0) is 6.54 Å². The van der Waals surface area contributed by atoms with Crippen LogP contribution in [0.4, 0.5) is 0 Å². The van der Waals surface area contributed by atoms with E-state index in [-0.39, 0.29) is 5.91 Å². The van der Waals surface area contributed by atoms with Crippen molar-refractivity contribution >= 4 is 38.8 Å². The minimum absolute atomic E-state index is 0.0353. The zero-order valence-corrected chi connectivity index (χ0v) is 15.3. The summed E-state index contributed by atoms with van der Waals surface area (Å²) in [4.78, 5) is 20.1. The molecular weight excluding hydrogens is 348 g/mol. The van der Waals surface area contributed by atoms with E-state index in [4.69, 9.17) is 0 Å². The van der Waals surface area contributed by atoms with Gasteiger partial charge >= 0.3 is 0 Å². The van der Waals surface area contributed by atoms with Crippen molar-refractivity contribution in [1.82, 2.24) is 9.88 Å². The maximum absolute atomic E-state index is 12.9. The molecule has 4 rings (SSSR count). The predicted octanol–water partition coefficient (Wildman–Crippen LogP) is 5.30. The minimum atomic E-state index is 0.0353. The van der Waals surface area contributed by atoms with Crippen molar-refractivity contribution < 1.29 is 4.79 Å². The maximum Gasteiger partial charge on any atom is 0.264 e. The zero-order chi connectivity index (χ0) is 17.2. The Labute approximate surface area is 154 Å². The fourth-order valence-electron chi connectivity index (χ4n) is 2.76. The first-order chi connectivity index (χ1) is 12.2. The second-order valence-electron chi connectivity index (χ2n) is 5.77. The van der Waals surface area contributed by atoms with Gasteiger partial charge in [0.1, 0.15) is 5.01 Å². The summed E-state index contributed by atoms with van der Waals surface area (Å²) < 4.78 is 1.15. The van der Waals surface area contributed by atoms with Gasteiger partial charge in [-0.1, -0.05) is 42.5 Å². The zero-order valence-electron chi connectivity index (χ0n) is 13.7. The number of thiophene rings is 1. The Morgan fingerprint density at radius 2 is 1.80 bits per heavy atom. The molecule has 4 aromatic rings. The highest BCUT2D eigenvalue weighted by molar-refractivity contribution is 7.18. The first kappa shape index (κ1) is 16.0. The first-order valence-electron chi connectivity index (χ1n) is 7.95. The van der Waals surface area contributed by atoms with Crippen molar-refractivity contribution in [2.24, 2.45) is 0 Å². The molecule has 0 aliphatic heterocycles. The van der Waals surface area contributed by atoms with Gasteiger partial charge in [0.2, 0.25) is 0 Å². The molecular formula is C20H16N2OS2. The normalized spacial score (nSPS) is 10.9. The van der Waals surface area contributed by atoms with E-state index < -0.39 is 0 Å². The third-order valence-electron chi connectivity index (χ3n) is 4.00. The van der Waals surface area contributed by atoms with Gasteiger partial charge in [-0.3, -0.25) is 4.79 Å². The fourth-order valence-corrected chi connectivity index (χ4v) is 4.69. The molecule has 3 nitrogen and oxygen atoms in total. The quantitative estimate of drug-likeness (QED) is 0.492. The molecule has 5 heteroatoms. The topological polar surface area (TPSA) is 33.2 Å². The molecule has 2 heterocycles. The predicted molar refractivity (Wildman–Crippen MR) is 105 cm³/mol. The Balaban J connectivity index is 1.58. The standard InChI is InChI=1S/C20H16N2OS2/c1-22(13-18-21-16-9-5-6-10-17(16)25-18)20(23)19-15(11-12-24-19)14-7-3-2-4-8-14/h2-12H,13H2,1H3. The monoisotopic (exact) mass is 364 g/mol. The van der Waals surface area contributed by atoms with Gasteiger partial charge < -0.3 is 4.90 Å². The number of thiazole rings is 1. The largest absolute Gasteiger partial charge is 0.334 e. The first-order valence-corrected chi connectivity index (χ1v) is 9.65. The third kappa shape index (κ3) is 3.21. The Morgan fingerprint density at radius 3 is 2.60 bits per heavy atom.